The van der Waals surface area contributed by atoms with Crippen molar-refractivity contribution in [1.29, 1.82) is 0 Å². The van der Waals surface area contributed by atoms with E-state index in [1.807, 2.05) is 6.92 Å². The molecule has 1 fully saturated rings. The molecule has 1 N–H and O–H groups in total. The zero-order valence-electron chi connectivity index (χ0n) is 11.6. The summed E-state index contributed by atoms with van der Waals surface area (Å²) in [4.78, 5) is 18.2. The third kappa shape index (κ3) is 5.22. The van der Waals surface area contributed by atoms with Gasteiger partial charge in [-0.15, -0.1) is 0 Å². The zero-order chi connectivity index (χ0) is 14.3. The molecule has 1 aliphatic rings. The van der Waals surface area contributed by atoms with E-state index in [-0.39, 0.29) is 11.9 Å². The summed E-state index contributed by atoms with van der Waals surface area (Å²) in [7, 11) is 1.45. The Kier molecular flexibility index (Phi) is 6.91. The second kappa shape index (κ2) is 8.19. The summed E-state index contributed by atoms with van der Waals surface area (Å²) in [5.41, 5.74) is 0. The van der Waals surface area contributed by atoms with Gasteiger partial charge in [0.1, 0.15) is 0 Å². The van der Waals surface area contributed by atoms with Crippen LogP contribution < -0.4 is 5.32 Å². The van der Waals surface area contributed by atoms with Crippen LogP contribution in [0.3, 0.4) is 0 Å². The minimum atomic E-state index is -0.101. The maximum atomic E-state index is 11.5. The number of hydrogen-bond acceptors (Lipinski definition) is 3. The number of esters is 1. The van der Waals surface area contributed by atoms with E-state index in [1.165, 1.54) is 7.11 Å². The van der Waals surface area contributed by atoms with Crippen molar-refractivity contribution < 1.29 is 9.53 Å². The Balaban J connectivity index is 2.56. The first-order valence-electron chi connectivity index (χ1n) is 6.52. The highest BCUT2D eigenvalue weighted by Crippen LogP contribution is 2.18. The van der Waals surface area contributed by atoms with Crippen LogP contribution in [0.2, 0.25) is 0 Å². The fraction of sp³-hybridized carbons (Fsp3) is 0.692. The van der Waals surface area contributed by atoms with Gasteiger partial charge in [0, 0.05) is 24.1 Å². The van der Waals surface area contributed by atoms with Crippen molar-refractivity contribution >= 4 is 27.9 Å². The normalized spacial score (nSPS) is 17.2. The predicted molar refractivity (Wildman–Crippen MR) is 80.4 cm³/mol. The summed E-state index contributed by atoms with van der Waals surface area (Å²) in [5, 5.41) is 3.26. The van der Waals surface area contributed by atoms with Gasteiger partial charge in [0.25, 0.3) is 0 Å². The first-order valence-corrected chi connectivity index (χ1v) is 7.32. The number of likely N-dealkylation sites (tertiary alicyclic amines) is 1. The van der Waals surface area contributed by atoms with Gasteiger partial charge in [-0.2, -0.15) is 0 Å². The standard InChI is InChI=1S/C13H22BrN3O2/c1-4-15-13(16-9-10(2)14)17-7-5-11(6-8-17)12(18)19-3/h11H,2,4-9H2,1,3H3,(H,15,16). The number of nitrogens with one attached hydrogen (secondary N) is 1. The van der Waals surface area contributed by atoms with Crippen LogP contribution in [-0.4, -0.2) is 50.1 Å². The maximum Gasteiger partial charge on any atom is 0.308 e. The van der Waals surface area contributed by atoms with Gasteiger partial charge < -0.3 is 15.0 Å². The van der Waals surface area contributed by atoms with Crippen molar-refractivity contribution in [3.63, 3.8) is 0 Å². The van der Waals surface area contributed by atoms with Crippen LogP contribution in [0.1, 0.15) is 19.8 Å². The van der Waals surface area contributed by atoms with Gasteiger partial charge in [-0.25, -0.2) is 4.99 Å². The van der Waals surface area contributed by atoms with Crippen LogP contribution in [-0.2, 0) is 9.53 Å². The van der Waals surface area contributed by atoms with Crippen LogP contribution in [0.5, 0.6) is 0 Å². The number of carbonyl (C=O) groups is 1. The van der Waals surface area contributed by atoms with Gasteiger partial charge in [0.2, 0.25) is 0 Å². The third-order valence-electron chi connectivity index (χ3n) is 3.06. The molecule has 6 heteroatoms. The zero-order valence-corrected chi connectivity index (χ0v) is 13.2. The lowest BCUT2D eigenvalue weighted by Crippen LogP contribution is -2.46. The number of methoxy groups -OCH3 is 1. The average molecular weight is 332 g/mol. The first kappa shape index (κ1) is 16.0. The molecule has 0 aromatic heterocycles. The van der Waals surface area contributed by atoms with Crippen molar-refractivity contribution in [2.75, 3.05) is 33.3 Å². The number of halogens is 1. The summed E-state index contributed by atoms with van der Waals surface area (Å²) >= 11 is 3.31. The molecular weight excluding hydrogens is 310 g/mol. The molecule has 1 saturated heterocycles. The van der Waals surface area contributed by atoms with Crippen LogP contribution in [0.4, 0.5) is 0 Å². The number of ether oxygens (including phenoxy) is 1. The lowest BCUT2D eigenvalue weighted by Gasteiger charge is -2.33. The fourth-order valence-electron chi connectivity index (χ4n) is 2.08. The minimum Gasteiger partial charge on any atom is -0.469 e. The summed E-state index contributed by atoms with van der Waals surface area (Å²) < 4.78 is 5.64. The number of rotatable bonds is 4. The van der Waals surface area contributed by atoms with Crippen LogP contribution in [0, 0.1) is 5.92 Å². The second-order valence-corrected chi connectivity index (χ2v) is 5.59. The number of aliphatic imine (C=N–C) groups is 1. The molecule has 0 radical (unpaired) electrons. The number of piperidine rings is 1. The highest BCUT2D eigenvalue weighted by molar-refractivity contribution is 9.11. The Bertz CT molecular complexity index is 350. The third-order valence-corrected chi connectivity index (χ3v) is 3.32. The molecule has 1 heterocycles. The summed E-state index contributed by atoms with van der Waals surface area (Å²) in [6.07, 6.45) is 1.62. The summed E-state index contributed by atoms with van der Waals surface area (Å²) in [5.74, 6) is 0.803. The Morgan fingerprint density at radius 1 is 1.53 bits per heavy atom. The lowest BCUT2D eigenvalue weighted by atomic mass is 9.97. The Labute approximate surface area is 123 Å². The van der Waals surface area contributed by atoms with Gasteiger partial charge in [-0.3, -0.25) is 4.79 Å². The number of carbonyl (C=O) groups excluding carboxylic acids is 1. The van der Waals surface area contributed by atoms with Gasteiger partial charge in [-0.1, -0.05) is 22.5 Å². The van der Waals surface area contributed by atoms with Crippen LogP contribution >= 0.6 is 15.9 Å². The largest absolute Gasteiger partial charge is 0.469 e. The molecule has 0 aromatic rings. The topological polar surface area (TPSA) is 53.9 Å². The quantitative estimate of drug-likeness (QED) is 0.484. The van der Waals surface area contributed by atoms with Crippen LogP contribution in [0.15, 0.2) is 16.1 Å². The van der Waals surface area contributed by atoms with E-state index in [4.69, 9.17) is 4.74 Å². The summed E-state index contributed by atoms with van der Waals surface area (Å²) in [6.45, 7) is 8.84. The van der Waals surface area contributed by atoms with Gasteiger partial charge in [0.15, 0.2) is 5.96 Å². The first-order chi connectivity index (χ1) is 9.08. The molecule has 0 bridgehead atoms. The average Bonchev–Trinajstić information content (AvgIpc) is 2.42. The molecule has 19 heavy (non-hydrogen) atoms. The van der Waals surface area contributed by atoms with E-state index in [9.17, 15) is 4.79 Å². The molecule has 108 valence electrons. The smallest absolute Gasteiger partial charge is 0.308 e. The molecule has 1 aliphatic heterocycles. The van der Waals surface area contributed by atoms with E-state index in [0.29, 0.717) is 6.54 Å². The second-order valence-electron chi connectivity index (χ2n) is 4.47. The van der Waals surface area contributed by atoms with Crippen LogP contribution in [0.25, 0.3) is 0 Å². The SMILES string of the molecule is C=C(Br)CN=C(NCC)N1CCC(C(=O)OC)CC1. The van der Waals surface area contributed by atoms with E-state index < -0.39 is 0 Å². The van der Waals surface area contributed by atoms with Gasteiger partial charge >= 0.3 is 5.97 Å². The van der Waals surface area contributed by atoms with E-state index >= 15 is 0 Å². The number of nitrogens with zero attached hydrogens (tertiary/aromatic N) is 2. The lowest BCUT2D eigenvalue weighted by molar-refractivity contribution is -0.146. The molecule has 1 rings (SSSR count). The molecule has 0 amide bonds. The molecule has 0 aliphatic carbocycles. The van der Waals surface area contributed by atoms with E-state index in [0.717, 1.165) is 42.9 Å². The molecular formula is C13H22BrN3O2. The van der Waals surface area contributed by atoms with Crippen molar-refractivity contribution in [3.8, 4) is 0 Å². The van der Waals surface area contributed by atoms with E-state index in [1.54, 1.807) is 0 Å². The molecule has 0 atom stereocenters. The molecule has 0 saturated carbocycles. The Morgan fingerprint density at radius 3 is 2.63 bits per heavy atom. The maximum absolute atomic E-state index is 11.5. The minimum absolute atomic E-state index is 0.0234. The van der Waals surface area contributed by atoms with Crippen molar-refractivity contribution in [3.05, 3.63) is 11.1 Å². The predicted octanol–water partition coefficient (Wildman–Crippen LogP) is 1.75. The highest BCUT2D eigenvalue weighted by atomic mass is 79.9. The Morgan fingerprint density at radius 2 is 2.16 bits per heavy atom. The summed E-state index contributed by atoms with van der Waals surface area (Å²) in [6, 6.07) is 0. The Hall–Kier alpha value is -1.04. The number of guanidine groups is 1. The van der Waals surface area contributed by atoms with Crippen molar-refractivity contribution in [2.45, 2.75) is 19.8 Å². The number of hydrogen-bond donors (Lipinski definition) is 1. The van der Waals surface area contributed by atoms with E-state index in [2.05, 4.69) is 37.7 Å². The molecule has 0 unspecified atom stereocenters. The van der Waals surface area contributed by atoms with Crippen molar-refractivity contribution in [1.82, 2.24) is 10.2 Å². The van der Waals surface area contributed by atoms with Crippen molar-refractivity contribution in [2.24, 2.45) is 10.9 Å². The molecule has 5 nitrogen and oxygen atoms in total. The van der Waals surface area contributed by atoms with Gasteiger partial charge in [-0.05, 0) is 19.8 Å². The monoisotopic (exact) mass is 331 g/mol. The van der Waals surface area contributed by atoms with Gasteiger partial charge in [0.05, 0.1) is 19.6 Å². The highest BCUT2D eigenvalue weighted by Gasteiger charge is 2.26. The molecule has 0 aromatic carbocycles. The molecule has 0 spiro atoms. The fourth-order valence-corrected chi connectivity index (χ4v) is 2.21.